The lowest BCUT2D eigenvalue weighted by molar-refractivity contribution is -0.147. The van der Waals surface area contributed by atoms with E-state index in [0.717, 1.165) is 19.3 Å². The van der Waals surface area contributed by atoms with Crippen LogP contribution in [0.2, 0.25) is 0 Å². The van der Waals surface area contributed by atoms with E-state index < -0.39 is 0 Å². The largest absolute Gasteiger partial charge is 0.469 e. The van der Waals surface area contributed by atoms with E-state index in [9.17, 15) is 4.79 Å². The Labute approximate surface area is 84.4 Å². The number of methoxy groups -OCH3 is 1. The van der Waals surface area contributed by atoms with Crippen LogP contribution in [0.4, 0.5) is 0 Å². The molecule has 4 heteroatoms. The monoisotopic (exact) mass is 205 g/mol. The summed E-state index contributed by atoms with van der Waals surface area (Å²) in [5.41, 5.74) is 5.87. The van der Waals surface area contributed by atoms with Gasteiger partial charge in [0.15, 0.2) is 0 Å². The quantitative estimate of drug-likeness (QED) is 0.649. The lowest BCUT2D eigenvalue weighted by Crippen LogP contribution is -2.32. The van der Waals surface area contributed by atoms with Crippen LogP contribution in [-0.4, -0.2) is 19.1 Å². The minimum absolute atomic E-state index is 0. The number of halogens is 1. The van der Waals surface area contributed by atoms with Crippen LogP contribution in [0.3, 0.4) is 0 Å². The number of nitrogens with two attached hydrogens (primary N) is 1. The molecule has 2 N–H and O–H groups in total. The third-order valence-electron chi connectivity index (χ3n) is 3.42. The number of hydrogen-bond donors (Lipinski definition) is 1. The van der Waals surface area contributed by atoms with Gasteiger partial charge >= 0.3 is 5.97 Å². The SMILES string of the molecule is COC(=O)C1CC2CC1CC2N.Cl. The minimum Gasteiger partial charge on any atom is -0.469 e. The molecule has 76 valence electrons. The fourth-order valence-electron chi connectivity index (χ4n) is 2.76. The molecule has 0 saturated heterocycles. The molecule has 0 heterocycles. The number of esters is 1. The van der Waals surface area contributed by atoms with E-state index >= 15 is 0 Å². The first-order valence-corrected chi connectivity index (χ1v) is 4.55. The summed E-state index contributed by atoms with van der Waals surface area (Å²) in [4.78, 5) is 11.2. The summed E-state index contributed by atoms with van der Waals surface area (Å²) >= 11 is 0. The van der Waals surface area contributed by atoms with Crippen LogP contribution in [0.5, 0.6) is 0 Å². The zero-order valence-corrected chi connectivity index (χ0v) is 8.55. The van der Waals surface area contributed by atoms with Gasteiger partial charge in [-0.25, -0.2) is 0 Å². The van der Waals surface area contributed by atoms with E-state index in [1.54, 1.807) is 0 Å². The highest BCUT2D eigenvalue weighted by Gasteiger charge is 2.47. The van der Waals surface area contributed by atoms with Crippen LogP contribution >= 0.6 is 12.4 Å². The maximum absolute atomic E-state index is 11.2. The van der Waals surface area contributed by atoms with Crippen molar-refractivity contribution in [3.63, 3.8) is 0 Å². The summed E-state index contributed by atoms with van der Waals surface area (Å²) in [6.45, 7) is 0. The van der Waals surface area contributed by atoms with Crippen LogP contribution in [0, 0.1) is 17.8 Å². The van der Waals surface area contributed by atoms with Gasteiger partial charge in [-0.05, 0) is 31.1 Å². The maximum atomic E-state index is 11.2. The third kappa shape index (κ3) is 1.67. The number of fused-ring (bicyclic) bond motifs is 2. The van der Waals surface area contributed by atoms with Gasteiger partial charge < -0.3 is 10.5 Å². The lowest BCUT2D eigenvalue weighted by atomic mass is 9.86. The van der Waals surface area contributed by atoms with Crippen molar-refractivity contribution in [1.29, 1.82) is 0 Å². The molecule has 13 heavy (non-hydrogen) atoms. The summed E-state index contributed by atoms with van der Waals surface area (Å²) in [5, 5.41) is 0. The molecule has 0 aliphatic heterocycles. The van der Waals surface area contributed by atoms with Crippen molar-refractivity contribution in [3.8, 4) is 0 Å². The van der Waals surface area contributed by atoms with Crippen molar-refractivity contribution in [2.75, 3.05) is 7.11 Å². The summed E-state index contributed by atoms with van der Waals surface area (Å²) in [7, 11) is 1.47. The minimum atomic E-state index is -0.0330. The number of rotatable bonds is 1. The van der Waals surface area contributed by atoms with Crippen molar-refractivity contribution >= 4 is 18.4 Å². The fraction of sp³-hybridized carbons (Fsp3) is 0.889. The molecule has 2 rings (SSSR count). The first-order valence-electron chi connectivity index (χ1n) is 4.55. The van der Waals surface area contributed by atoms with Crippen molar-refractivity contribution in [1.82, 2.24) is 0 Å². The molecule has 2 aliphatic rings. The lowest BCUT2D eigenvalue weighted by Gasteiger charge is -2.23. The van der Waals surface area contributed by atoms with E-state index in [0.29, 0.717) is 17.9 Å². The van der Waals surface area contributed by atoms with Gasteiger partial charge in [0.2, 0.25) is 0 Å². The predicted molar refractivity (Wildman–Crippen MR) is 51.6 cm³/mol. The average molecular weight is 206 g/mol. The Balaban J connectivity index is 0.000000845. The molecular formula is C9H16ClNO2. The van der Waals surface area contributed by atoms with E-state index in [-0.39, 0.29) is 24.3 Å². The molecule has 0 radical (unpaired) electrons. The fourth-order valence-corrected chi connectivity index (χ4v) is 2.76. The topological polar surface area (TPSA) is 52.3 Å². The van der Waals surface area contributed by atoms with Crippen molar-refractivity contribution in [2.45, 2.75) is 25.3 Å². The van der Waals surface area contributed by atoms with Gasteiger partial charge in [-0.1, -0.05) is 0 Å². The first kappa shape index (κ1) is 10.8. The zero-order chi connectivity index (χ0) is 8.72. The normalized spacial score (nSPS) is 41.4. The second-order valence-electron chi connectivity index (χ2n) is 4.02. The van der Waals surface area contributed by atoms with E-state index in [2.05, 4.69) is 0 Å². The molecular weight excluding hydrogens is 190 g/mol. The third-order valence-corrected chi connectivity index (χ3v) is 3.42. The van der Waals surface area contributed by atoms with Gasteiger partial charge in [0.25, 0.3) is 0 Å². The molecule has 4 unspecified atom stereocenters. The second kappa shape index (κ2) is 3.84. The van der Waals surface area contributed by atoms with Gasteiger partial charge in [-0.15, -0.1) is 12.4 Å². The summed E-state index contributed by atoms with van der Waals surface area (Å²) in [6, 6.07) is 0.343. The highest BCUT2D eigenvalue weighted by atomic mass is 35.5. The standard InChI is InChI=1S/C9H15NO2.ClH/c1-12-9(11)7-3-6-2-5(7)4-8(6)10;/h5-8H,2-4,10H2,1H3;1H. The smallest absolute Gasteiger partial charge is 0.308 e. The van der Waals surface area contributed by atoms with Crippen LogP contribution in [0.25, 0.3) is 0 Å². The molecule has 0 amide bonds. The molecule has 2 aliphatic carbocycles. The van der Waals surface area contributed by atoms with Crippen LogP contribution < -0.4 is 5.73 Å². The molecule has 2 bridgehead atoms. The van der Waals surface area contributed by atoms with E-state index in [4.69, 9.17) is 10.5 Å². The highest BCUT2D eigenvalue weighted by molar-refractivity contribution is 5.85. The Morgan fingerprint density at radius 1 is 1.31 bits per heavy atom. The summed E-state index contributed by atoms with van der Waals surface area (Å²) in [5.74, 6) is 1.21. The average Bonchev–Trinajstić information content (AvgIpc) is 2.60. The van der Waals surface area contributed by atoms with Crippen molar-refractivity contribution < 1.29 is 9.53 Å². The zero-order valence-electron chi connectivity index (χ0n) is 7.73. The van der Waals surface area contributed by atoms with Crippen LogP contribution in [0.1, 0.15) is 19.3 Å². The maximum Gasteiger partial charge on any atom is 0.308 e. The Kier molecular flexibility index (Phi) is 3.19. The van der Waals surface area contributed by atoms with Crippen molar-refractivity contribution in [2.24, 2.45) is 23.5 Å². The Morgan fingerprint density at radius 2 is 2.00 bits per heavy atom. The highest BCUT2D eigenvalue weighted by Crippen LogP contribution is 2.47. The van der Waals surface area contributed by atoms with Gasteiger partial charge in [-0.3, -0.25) is 4.79 Å². The molecule has 2 saturated carbocycles. The molecule has 4 atom stereocenters. The number of carbonyl (C=O) groups is 1. The van der Waals surface area contributed by atoms with E-state index in [1.165, 1.54) is 7.11 Å². The van der Waals surface area contributed by atoms with Gasteiger partial charge in [-0.2, -0.15) is 0 Å². The molecule has 0 aromatic carbocycles. The molecule has 2 fully saturated rings. The van der Waals surface area contributed by atoms with Crippen LogP contribution in [-0.2, 0) is 9.53 Å². The van der Waals surface area contributed by atoms with Crippen LogP contribution in [0.15, 0.2) is 0 Å². The molecule has 0 spiro atoms. The van der Waals surface area contributed by atoms with Gasteiger partial charge in [0.1, 0.15) is 0 Å². The Bertz CT molecular complexity index is 208. The molecule has 0 aromatic rings. The second-order valence-corrected chi connectivity index (χ2v) is 4.02. The van der Waals surface area contributed by atoms with E-state index in [1.807, 2.05) is 0 Å². The summed E-state index contributed by atoms with van der Waals surface area (Å²) in [6.07, 6.45) is 3.11. The summed E-state index contributed by atoms with van der Waals surface area (Å²) < 4.78 is 4.74. The van der Waals surface area contributed by atoms with Gasteiger partial charge in [0, 0.05) is 6.04 Å². The first-order chi connectivity index (χ1) is 5.72. The number of carbonyl (C=O) groups excluding carboxylic acids is 1. The van der Waals surface area contributed by atoms with Gasteiger partial charge in [0.05, 0.1) is 13.0 Å². The molecule has 3 nitrogen and oxygen atoms in total. The molecule has 0 aromatic heterocycles. The number of hydrogen-bond acceptors (Lipinski definition) is 3. The Hall–Kier alpha value is -0.280. The van der Waals surface area contributed by atoms with Crippen molar-refractivity contribution in [3.05, 3.63) is 0 Å². The Morgan fingerprint density at radius 3 is 2.38 bits per heavy atom. The number of ether oxygens (including phenoxy) is 1. The predicted octanol–water partition coefficient (Wildman–Crippen LogP) is 0.955.